The lowest BCUT2D eigenvalue weighted by molar-refractivity contribution is 0.0990. The lowest BCUT2D eigenvalue weighted by Crippen LogP contribution is -1.95. The zero-order chi connectivity index (χ0) is 16.1. The van der Waals surface area contributed by atoms with E-state index in [9.17, 15) is 9.90 Å². The molecule has 0 unspecified atom stereocenters. The standard InChI is InChI=1S/C18H13N3O2/c22-17-8-4-3-7-16(17)18(23)20-21-19-12-13-9-10-14-5-1-2-6-15(14)11-13/h1-11H,12H2/p+1. The van der Waals surface area contributed by atoms with Crippen LogP contribution in [-0.2, 0) is 6.54 Å². The molecule has 0 aromatic heterocycles. The third-order valence-corrected chi connectivity index (χ3v) is 3.40. The van der Waals surface area contributed by atoms with Crippen LogP contribution in [0.25, 0.3) is 10.8 Å². The highest BCUT2D eigenvalue weighted by Gasteiger charge is 2.13. The molecule has 3 aromatic carbocycles. The van der Waals surface area contributed by atoms with Crippen molar-refractivity contribution in [3.05, 3.63) is 77.9 Å². The molecular weight excluding hydrogens is 290 g/mol. The fourth-order valence-corrected chi connectivity index (χ4v) is 2.23. The Morgan fingerprint density at radius 2 is 1.70 bits per heavy atom. The molecule has 0 atom stereocenters. The van der Waals surface area contributed by atoms with Crippen LogP contribution in [-0.4, -0.2) is 11.0 Å². The van der Waals surface area contributed by atoms with E-state index in [1.807, 2.05) is 42.5 Å². The van der Waals surface area contributed by atoms with Crippen LogP contribution in [0.1, 0.15) is 15.9 Å². The Morgan fingerprint density at radius 3 is 2.52 bits per heavy atom. The summed E-state index contributed by atoms with van der Waals surface area (Å²) in [7, 11) is 0. The van der Waals surface area contributed by atoms with Gasteiger partial charge in [0, 0.05) is 0 Å². The number of benzene rings is 3. The third kappa shape index (κ3) is 3.48. The number of hydrogen-bond acceptors (Lipinski definition) is 3. The Kier molecular flexibility index (Phi) is 4.22. The first-order chi connectivity index (χ1) is 11.2. The SMILES string of the molecule is O=C(N=[N+]=NCc1ccc2ccccc2c1)c1ccccc1O. The summed E-state index contributed by atoms with van der Waals surface area (Å²) in [5.41, 5.74) is 1.09. The fraction of sp³-hybridized carbons (Fsp3) is 0.0556. The highest BCUT2D eigenvalue weighted by molar-refractivity contribution is 5.96. The van der Waals surface area contributed by atoms with E-state index in [1.165, 1.54) is 12.1 Å². The number of hydrogen-bond donors (Lipinski definition) is 1. The molecule has 3 rings (SSSR count). The van der Waals surface area contributed by atoms with Crippen molar-refractivity contribution in [1.29, 1.82) is 0 Å². The second-order valence-corrected chi connectivity index (χ2v) is 4.99. The van der Waals surface area contributed by atoms with Crippen molar-refractivity contribution in [2.24, 2.45) is 10.2 Å². The molecule has 5 heteroatoms. The van der Waals surface area contributed by atoms with Gasteiger partial charge in [0.15, 0.2) is 0 Å². The Morgan fingerprint density at radius 1 is 0.957 bits per heavy atom. The number of rotatable bonds is 3. The van der Waals surface area contributed by atoms with Crippen LogP contribution in [0.2, 0.25) is 0 Å². The molecule has 0 bridgehead atoms. The van der Waals surface area contributed by atoms with E-state index in [0.29, 0.717) is 6.54 Å². The normalized spacial score (nSPS) is 10.1. The number of phenolic OH excluding ortho intramolecular Hbond substituents is 1. The number of amides is 1. The molecule has 0 saturated heterocycles. The topological polar surface area (TPSA) is 76.1 Å². The van der Waals surface area contributed by atoms with E-state index in [0.717, 1.165) is 16.3 Å². The minimum atomic E-state index is -0.620. The van der Waals surface area contributed by atoms with Gasteiger partial charge in [-0.05, 0) is 34.5 Å². The van der Waals surface area contributed by atoms with Crippen molar-refractivity contribution in [1.82, 2.24) is 4.91 Å². The van der Waals surface area contributed by atoms with Crippen LogP contribution >= 0.6 is 0 Å². The molecule has 0 aliphatic rings. The maximum atomic E-state index is 11.8. The largest absolute Gasteiger partial charge is 0.507 e. The van der Waals surface area contributed by atoms with Crippen LogP contribution < -0.4 is 4.91 Å². The summed E-state index contributed by atoms with van der Waals surface area (Å²) in [6.45, 7) is 0.336. The number of carbonyl (C=O) groups is 1. The smallest absolute Gasteiger partial charge is 0.364 e. The van der Waals surface area contributed by atoms with Crippen molar-refractivity contribution in [3.63, 3.8) is 0 Å². The average Bonchev–Trinajstić information content (AvgIpc) is 2.59. The van der Waals surface area contributed by atoms with Crippen molar-refractivity contribution in [3.8, 4) is 5.75 Å². The molecular formula is C18H14N3O2+. The maximum absolute atomic E-state index is 11.8. The molecule has 1 amide bonds. The van der Waals surface area contributed by atoms with Gasteiger partial charge in [-0.3, -0.25) is 4.79 Å². The van der Waals surface area contributed by atoms with E-state index in [1.54, 1.807) is 12.1 Å². The van der Waals surface area contributed by atoms with E-state index in [-0.39, 0.29) is 11.3 Å². The van der Waals surface area contributed by atoms with Gasteiger partial charge in [-0.1, -0.05) is 48.5 Å². The van der Waals surface area contributed by atoms with Gasteiger partial charge in [0.1, 0.15) is 17.4 Å². The zero-order valence-electron chi connectivity index (χ0n) is 12.3. The highest BCUT2D eigenvalue weighted by Crippen LogP contribution is 2.17. The van der Waals surface area contributed by atoms with E-state index in [2.05, 4.69) is 15.1 Å². The Hall–Kier alpha value is -3.30. The molecule has 0 heterocycles. The first-order valence-corrected chi connectivity index (χ1v) is 7.11. The zero-order valence-corrected chi connectivity index (χ0v) is 12.3. The molecule has 5 nitrogen and oxygen atoms in total. The van der Waals surface area contributed by atoms with Gasteiger partial charge < -0.3 is 5.11 Å². The van der Waals surface area contributed by atoms with Crippen molar-refractivity contribution >= 4 is 16.7 Å². The molecule has 0 spiro atoms. The average molecular weight is 304 g/mol. The van der Waals surface area contributed by atoms with Crippen LogP contribution in [0.4, 0.5) is 0 Å². The van der Waals surface area contributed by atoms with Crippen molar-refractivity contribution < 1.29 is 9.90 Å². The summed E-state index contributed by atoms with van der Waals surface area (Å²) in [6.07, 6.45) is 0. The minimum absolute atomic E-state index is 0.108. The molecule has 0 saturated carbocycles. The van der Waals surface area contributed by atoms with E-state index < -0.39 is 5.91 Å². The van der Waals surface area contributed by atoms with Crippen molar-refractivity contribution in [2.45, 2.75) is 6.54 Å². The monoisotopic (exact) mass is 304 g/mol. The van der Waals surface area contributed by atoms with Crippen molar-refractivity contribution in [2.75, 3.05) is 0 Å². The Bertz CT molecular complexity index is 928. The summed E-state index contributed by atoms with van der Waals surface area (Å²) >= 11 is 0. The molecule has 0 aliphatic carbocycles. The summed E-state index contributed by atoms with van der Waals surface area (Å²) in [5.74, 6) is -0.739. The van der Waals surface area contributed by atoms with Gasteiger partial charge in [0.2, 0.25) is 10.0 Å². The van der Waals surface area contributed by atoms with Gasteiger partial charge in [-0.2, -0.15) is 0 Å². The third-order valence-electron chi connectivity index (χ3n) is 3.40. The predicted octanol–water partition coefficient (Wildman–Crippen LogP) is 3.86. The maximum Gasteiger partial charge on any atom is 0.364 e. The number of carbonyl (C=O) groups excluding carboxylic acids is 1. The molecule has 112 valence electrons. The number of fused-ring (bicyclic) bond motifs is 1. The second kappa shape index (κ2) is 6.64. The summed E-state index contributed by atoms with van der Waals surface area (Å²) in [4.78, 5) is 15.3. The van der Waals surface area contributed by atoms with Crippen LogP contribution in [0.5, 0.6) is 5.75 Å². The molecule has 0 radical (unpaired) electrons. The quantitative estimate of drug-likeness (QED) is 0.589. The number of aromatic hydroxyl groups is 1. The van der Waals surface area contributed by atoms with Gasteiger partial charge in [0.05, 0.1) is 5.56 Å². The fourth-order valence-electron chi connectivity index (χ4n) is 2.23. The molecule has 0 fully saturated rings. The molecule has 0 aliphatic heterocycles. The van der Waals surface area contributed by atoms with Gasteiger partial charge in [-0.15, -0.1) is 0 Å². The van der Waals surface area contributed by atoms with Crippen LogP contribution in [0, 0.1) is 0 Å². The Labute approximate surface area is 132 Å². The molecule has 3 aromatic rings. The summed E-state index contributed by atoms with van der Waals surface area (Å²) in [6, 6.07) is 20.2. The van der Waals surface area contributed by atoms with Crippen LogP contribution in [0.3, 0.4) is 0 Å². The summed E-state index contributed by atoms with van der Waals surface area (Å²) < 4.78 is 0. The lowest BCUT2D eigenvalue weighted by atomic mass is 10.1. The highest BCUT2D eigenvalue weighted by atomic mass is 16.3. The number of nitrogens with zero attached hydrogens (tertiary/aromatic N) is 3. The second-order valence-electron chi connectivity index (χ2n) is 4.99. The molecule has 23 heavy (non-hydrogen) atoms. The minimum Gasteiger partial charge on any atom is -0.507 e. The predicted molar refractivity (Wildman–Crippen MR) is 87.1 cm³/mol. The van der Waals surface area contributed by atoms with E-state index >= 15 is 0 Å². The van der Waals surface area contributed by atoms with Gasteiger partial charge >= 0.3 is 5.91 Å². The van der Waals surface area contributed by atoms with Crippen LogP contribution in [0.15, 0.2) is 77.0 Å². The first-order valence-electron chi connectivity index (χ1n) is 7.11. The molecule has 1 N–H and O–H groups in total. The Balaban J connectivity index is 1.72. The first kappa shape index (κ1) is 14.6. The number of phenols is 1. The van der Waals surface area contributed by atoms with E-state index in [4.69, 9.17) is 0 Å². The number of para-hydroxylation sites is 1. The van der Waals surface area contributed by atoms with Gasteiger partial charge in [0.25, 0.3) is 0 Å². The lowest BCUT2D eigenvalue weighted by Gasteiger charge is -1.98. The van der Waals surface area contributed by atoms with Gasteiger partial charge in [-0.25, -0.2) is 0 Å². The summed E-state index contributed by atoms with van der Waals surface area (Å²) in [5, 5.41) is 19.2.